The molecule has 1 aromatic carbocycles. The second-order valence-corrected chi connectivity index (χ2v) is 6.11. The Balaban J connectivity index is 1.55. The van der Waals surface area contributed by atoms with E-state index in [1.54, 1.807) is 18.3 Å². The summed E-state index contributed by atoms with van der Waals surface area (Å²) in [6, 6.07) is 8.25. The maximum atomic E-state index is 12.9. The lowest BCUT2D eigenvalue weighted by atomic mass is 10.1. The molecule has 0 atom stereocenters. The van der Waals surface area contributed by atoms with Crippen LogP contribution < -0.4 is 10.2 Å². The predicted octanol–water partition coefficient (Wildman–Crippen LogP) is 3.18. The normalized spacial score (nSPS) is 14.5. The average molecular weight is 327 g/mol. The Bertz CT molecular complexity index is 681. The largest absolute Gasteiger partial charge is 0.370 e. The third-order valence-corrected chi connectivity index (χ3v) is 4.32. The molecule has 0 spiro atoms. The summed E-state index contributed by atoms with van der Waals surface area (Å²) in [5.74, 6) is -0.369. The van der Waals surface area contributed by atoms with E-state index in [9.17, 15) is 9.18 Å². The van der Waals surface area contributed by atoms with E-state index in [0.717, 1.165) is 24.3 Å². The monoisotopic (exact) mass is 327 g/mol. The Morgan fingerprint density at radius 2 is 1.88 bits per heavy atom. The van der Waals surface area contributed by atoms with Gasteiger partial charge in [-0.2, -0.15) is 0 Å². The number of nitrogens with one attached hydrogen (secondary N) is 1. The third-order valence-electron chi connectivity index (χ3n) is 4.32. The minimum atomic E-state index is -0.247. The minimum absolute atomic E-state index is 0.122. The third kappa shape index (κ3) is 4.31. The van der Waals surface area contributed by atoms with Gasteiger partial charge in [0.1, 0.15) is 5.82 Å². The fraction of sp³-hybridized carbons (Fsp3) is 0.368. The van der Waals surface area contributed by atoms with Gasteiger partial charge in [-0.3, -0.25) is 9.78 Å². The van der Waals surface area contributed by atoms with Gasteiger partial charge < -0.3 is 10.2 Å². The van der Waals surface area contributed by atoms with Crippen LogP contribution in [0.2, 0.25) is 0 Å². The van der Waals surface area contributed by atoms with E-state index in [0.29, 0.717) is 18.5 Å². The molecular formula is C19H22FN3O. The summed E-state index contributed by atoms with van der Waals surface area (Å²) in [7, 11) is 0. The molecule has 0 radical (unpaired) electrons. The van der Waals surface area contributed by atoms with Gasteiger partial charge in [0, 0.05) is 25.8 Å². The molecule has 3 rings (SSSR count). The molecule has 0 saturated carbocycles. The van der Waals surface area contributed by atoms with Gasteiger partial charge in [0.25, 0.3) is 5.91 Å². The van der Waals surface area contributed by atoms with Crippen molar-refractivity contribution in [2.24, 2.45) is 0 Å². The van der Waals surface area contributed by atoms with Gasteiger partial charge in [0.15, 0.2) is 0 Å². The summed E-state index contributed by atoms with van der Waals surface area (Å²) in [4.78, 5) is 18.8. The van der Waals surface area contributed by atoms with Crippen molar-refractivity contribution in [1.82, 2.24) is 10.3 Å². The molecule has 1 saturated heterocycles. The highest BCUT2D eigenvalue weighted by Gasteiger charge is 2.13. The molecule has 1 amide bonds. The molecule has 2 aromatic rings. The predicted molar refractivity (Wildman–Crippen MR) is 92.7 cm³/mol. The number of hydrogen-bond donors (Lipinski definition) is 1. The number of pyridine rings is 1. The topological polar surface area (TPSA) is 45.2 Å². The number of halogens is 1. The van der Waals surface area contributed by atoms with Gasteiger partial charge >= 0.3 is 0 Å². The maximum Gasteiger partial charge on any atom is 0.252 e. The van der Waals surface area contributed by atoms with Crippen LogP contribution in [-0.4, -0.2) is 30.5 Å². The van der Waals surface area contributed by atoms with E-state index < -0.39 is 0 Å². The van der Waals surface area contributed by atoms with Crippen LogP contribution in [0.15, 0.2) is 42.7 Å². The zero-order valence-corrected chi connectivity index (χ0v) is 13.7. The van der Waals surface area contributed by atoms with Crippen molar-refractivity contribution in [3.8, 4) is 0 Å². The summed E-state index contributed by atoms with van der Waals surface area (Å²) in [6.07, 6.45) is 7.74. The molecule has 1 N–H and O–H groups in total. The molecule has 1 aliphatic heterocycles. The number of rotatable bonds is 5. The highest BCUT2D eigenvalue weighted by molar-refractivity contribution is 5.94. The van der Waals surface area contributed by atoms with Crippen molar-refractivity contribution < 1.29 is 9.18 Å². The number of amides is 1. The van der Waals surface area contributed by atoms with Gasteiger partial charge in [0.05, 0.1) is 17.4 Å². The van der Waals surface area contributed by atoms with Gasteiger partial charge in [-0.05, 0) is 49.4 Å². The molecule has 1 aromatic heterocycles. The van der Waals surface area contributed by atoms with E-state index in [2.05, 4.69) is 15.2 Å². The summed E-state index contributed by atoms with van der Waals surface area (Å²) < 4.78 is 12.9. The lowest BCUT2D eigenvalue weighted by molar-refractivity contribution is 0.0954. The number of carbonyl (C=O) groups excluding carboxylic acids is 1. The number of nitrogens with zero attached hydrogens (tertiary/aromatic N) is 2. The van der Waals surface area contributed by atoms with Crippen molar-refractivity contribution in [2.45, 2.75) is 25.7 Å². The van der Waals surface area contributed by atoms with Crippen molar-refractivity contribution in [3.05, 3.63) is 59.7 Å². The van der Waals surface area contributed by atoms with Crippen LogP contribution in [0.4, 0.5) is 10.1 Å². The zero-order valence-electron chi connectivity index (χ0n) is 13.7. The Labute approximate surface area is 141 Å². The SMILES string of the molecule is O=C(NCCc1ccc(F)cc1)c1cncc(N2CCCCC2)c1. The van der Waals surface area contributed by atoms with Crippen LogP contribution in [0.5, 0.6) is 0 Å². The van der Waals surface area contributed by atoms with Gasteiger partial charge in [-0.15, -0.1) is 0 Å². The standard InChI is InChI=1S/C19H22FN3O/c20-17-6-4-15(5-7-17)8-9-22-19(24)16-12-18(14-21-13-16)23-10-2-1-3-11-23/h4-7,12-14H,1-3,8-11H2,(H,22,24). The Hall–Kier alpha value is -2.43. The molecule has 4 nitrogen and oxygen atoms in total. The van der Waals surface area contributed by atoms with Crippen LogP contribution in [0.1, 0.15) is 35.2 Å². The Morgan fingerprint density at radius 1 is 1.12 bits per heavy atom. The van der Waals surface area contributed by atoms with Crippen molar-refractivity contribution in [1.29, 1.82) is 0 Å². The van der Waals surface area contributed by atoms with Gasteiger partial charge in [0.2, 0.25) is 0 Å². The number of hydrogen-bond acceptors (Lipinski definition) is 3. The summed E-state index contributed by atoms with van der Waals surface area (Å²) in [5, 5.41) is 2.90. The molecule has 5 heteroatoms. The van der Waals surface area contributed by atoms with E-state index >= 15 is 0 Å². The number of anilines is 1. The first-order chi connectivity index (χ1) is 11.7. The van der Waals surface area contributed by atoms with Crippen LogP contribution in [0.3, 0.4) is 0 Å². The molecule has 1 aliphatic rings. The molecule has 2 heterocycles. The van der Waals surface area contributed by atoms with Crippen LogP contribution in [0, 0.1) is 5.82 Å². The van der Waals surface area contributed by atoms with Crippen LogP contribution in [0.25, 0.3) is 0 Å². The van der Waals surface area contributed by atoms with Crippen molar-refractivity contribution in [2.75, 3.05) is 24.5 Å². The number of benzene rings is 1. The maximum absolute atomic E-state index is 12.9. The van der Waals surface area contributed by atoms with Gasteiger partial charge in [-0.1, -0.05) is 12.1 Å². The first-order valence-electron chi connectivity index (χ1n) is 8.45. The van der Waals surface area contributed by atoms with E-state index in [1.807, 2.05) is 12.3 Å². The van der Waals surface area contributed by atoms with Crippen LogP contribution >= 0.6 is 0 Å². The molecule has 0 aliphatic carbocycles. The highest BCUT2D eigenvalue weighted by Crippen LogP contribution is 2.19. The molecule has 1 fully saturated rings. The van der Waals surface area contributed by atoms with Gasteiger partial charge in [-0.25, -0.2) is 4.39 Å². The van der Waals surface area contributed by atoms with E-state index in [1.165, 1.54) is 31.4 Å². The Kier molecular flexibility index (Phi) is 5.41. The summed E-state index contributed by atoms with van der Waals surface area (Å²) >= 11 is 0. The fourth-order valence-electron chi connectivity index (χ4n) is 2.95. The number of aromatic nitrogens is 1. The lowest BCUT2D eigenvalue weighted by Gasteiger charge is -2.28. The highest BCUT2D eigenvalue weighted by atomic mass is 19.1. The fourth-order valence-corrected chi connectivity index (χ4v) is 2.95. The van der Waals surface area contributed by atoms with E-state index in [4.69, 9.17) is 0 Å². The molecule has 0 unspecified atom stereocenters. The second kappa shape index (κ2) is 7.90. The zero-order chi connectivity index (χ0) is 16.8. The average Bonchev–Trinajstić information content (AvgIpc) is 2.64. The summed E-state index contributed by atoms with van der Waals surface area (Å²) in [5.41, 5.74) is 2.59. The molecule has 126 valence electrons. The first-order valence-corrected chi connectivity index (χ1v) is 8.45. The molecular weight excluding hydrogens is 305 g/mol. The first kappa shape index (κ1) is 16.4. The Morgan fingerprint density at radius 3 is 2.62 bits per heavy atom. The smallest absolute Gasteiger partial charge is 0.252 e. The quantitative estimate of drug-likeness (QED) is 0.917. The number of carbonyl (C=O) groups is 1. The van der Waals surface area contributed by atoms with Crippen molar-refractivity contribution >= 4 is 11.6 Å². The van der Waals surface area contributed by atoms with Crippen LogP contribution in [-0.2, 0) is 6.42 Å². The van der Waals surface area contributed by atoms with E-state index in [-0.39, 0.29) is 11.7 Å². The minimum Gasteiger partial charge on any atom is -0.370 e. The summed E-state index contributed by atoms with van der Waals surface area (Å²) in [6.45, 7) is 2.56. The molecule has 0 bridgehead atoms. The number of piperidine rings is 1. The second-order valence-electron chi connectivity index (χ2n) is 6.11. The molecule has 24 heavy (non-hydrogen) atoms. The lowest BCUT2D eigenvalue weighted by Crippen LogP contribution is -2.30. The van der Waals surface area contributed by atoms with Crippen molar-refractivity contribution in [3.63, 3.8) is 0 Å².